The molecule has 0 spiro atoms. The molecule has 0 amide bonds. The first-order chi connectivity index (χ1) is 2.00. The van der Waals surface area contributed by atoms with Gasteiger partial charge in [0.05, 0.1) is 0 Å². The number of hydrogen-bond acceptors (Lipinski definition) is 3. The van der Waals surface area contributed by atoms with Crippen molar-refractivity contribution in [2.75, 3.05) is 0 Å². The van der Waals surface area contributed by atoms with Crippen molar-refractivity contribution in [1.29, 1.82) is 0 Å². The summed E-state index contributed by atoms with van der Waals surface area (Å²) in [6.07, 6.45) is 0. The Morgan fingerprint density at radius 1 is 1.40 bits per heavy atom. The molecule has 0 saturated heterocycles. The smallest absolute Gasteiger partial charge is 0.101 e. The normalized spacial score (nSPS) is 11.8. The molecule has 0 heterocycles. The minimum absolute atomic E-state index is 5.39. The highest BCUT2D eigenvalue weighted by Gasteiger charge is 1.69. The highest BCUT2D eigenvalue weighted by molar-refractivity contribution is 7.41. The minimum atomic E-state index is -5.39. The summed E-state index contributed by atoms with van der Waals surface area (Å²) >= 11 is 0. The van der Waals surface area contributed by atoms with Crippen molar-refractivity contribution in [2.45, 2.75) is 0 Å². The molecule has 0 fully saturated rings. The number of rotatable bonds is 0. The van der Waals surface area contributed by atoms with Gasteiger partial charge in [-0.2, -0.15) is 0 Å². The molecule has 0 bridgehead atoms. The van der Waals surface area contributed by atoms with Gasteiger partial charge in [0, 0.05) is 0 Å². The second-order valence-corrected chi connectivity index (χ2v) is 1.34. The van der Waals surface area contributed by atoms with Gasteiger partial charge in [0.2, 0.25) is 0 Å². The van der Waals surface area contributed by atoms with Crippen molar-refractivity contribution in [3.63, 3.8) is 0 Å². The van der Waals surface area contributed by atoms with Crippen LogP contribution in [0.1, 0.15) is 0 Å². The summed E-state index contributed by atoms with van der Waals surface area (Å²) in [6.45, 7) is 0. The van der Waals surface area contributed by atoms with Gasteiger partial charge in [0.25, 0.3) is 0 Å². The molecule has 0 atom stereocenters. The van der Waals surface area contributed by atoms with E-state index < -0.39 is 7.82 Å². The molecule has 31 valence electrons. The SMILES string of the molecule is [O]P(=O)([O-])[O-]. The Labute approximate surface area is 28.3 Å². The van der Waals surface area contributed by atoms with Gasteiger partial charge < -0.3 is 14.4 Å². The van der Waals surface area contributed by atoms with Gasteiger partial charge in [0.1, 0.15) is 7.82 Å². The van der Waals surface area contributed by atoms with E-state index in [9.17, 15) is 0 Å². The fourth-order valence-corrected chi connectivity index (χ4v) is 0. The molecule has 0 aliphatic heterocycles. The fourth-order valence-electron chi connectivity index (χ4n) is 0. The third-order valence-corrected chi connectivity index (χ3v) is 0. The predicted octanol–water partition coefficient (Wildman–Crippen LogP) is -1.75. The first kappa shape index (κ1) is 5.11. The molecule has 0 aromatic heterocycles. The maximum atomic E-state index is 8.55. The van der Waals surface area contributed by atoms with Crippen LogP contribution in [0, 0.1) is 0 Å². The molecule has 5 heavy (non-hydrogen) atoms. The molecule has 0 rings (SSSR count). The van der Waals surface area contributed by atoms with E-state index in [-0.39, 0.29) is 0 Å². The lowest BCUT2D eigenvalue weighted by molar-refractivity contribution is -0.342. The Kier molecular flexibility index (Phi) is 1.09. The van der Waals surface area contributed by atoms with E-state index in [4.69, 9.17) is 19.2 Å². The highest BCUT2D eigenvalue weighted by Crippen LogP contribution is 2.13. The minimum Gasteiger partial charge on any atom is -0.788 e. The second-order valence-electron chi connectivity index (χ2n) is 0.447. The Balaban J connectivity index is 3.47. The summed E-state index contributed by atoms with van der Waals surface area (Å²) in [5.41, 5.74) is 0. The second kappa shape index (κ2) is 1.06. The Morgan fingerprint density at radius 3 is 1.40 bits per heavy atom. The van der Waals surface area contributed by atoms with Crippen LogP contribution < -0.4 is 9.79 Å². The molecule has 0 aliphatic carbocycles. The summed E-state index contributed by atoms with van der Waals surface area (Å²) in [5, 5.41) is 0. The summed E-state index contributed by atoms with van der Waals surface area (Å²) in [7, 11) is -5.39. The van der Waals surface area contributed by atoms with Crippen molar-refractivity contribution < 1.29 is 19.2 Å². The first-order valence-electron chi connectivity index (χ1n) is 0.730. The van der Waals surface area contributed by atoms with Crippen LogP contribution in [-0.4, -0.2) is 0 Å². The maximum absolute atomic E-state index is 8.55. The molecule has 1 radical (unpaired) electrons. The van der Waals surface area contributed by atoms with Crippen LogP contribution in [0.15, 0.2) is 0 Å². The lowest BCUT2D eigenvalue weighted by Crippen LogP contribution is -2.10. The summed E-state index contributed by atoms with van der Waals surface area (Å²) in [5.74, 6) is 0. The third kappa shape index (κ3) is 1510. The van der Waals surface area contributed by atoms with Gasteiger partial charge in [-0.05, 0) is 0 Å². The number of hydrogen-bond donors (Lipinski definition) is 0. The van der Waals surface area contributed by atoms with Crippen molar-refractivity contribution in [3.8, 4) is 0 Å². The summed E-state index contributed by atoms with van der Waals surface area (Å²) in [6, 6.07) is 0. The zero-order valence-corrected chi connectivity index (χ0v) is 2.97. The summed E-state index contributed by atoms with van der Waals surface area (Å²) in [4.78, 5) is 25.6. The van der Waals surface area contributed by atoms with E-state index >= 15 is 0 Å². The average Bonchev–Trinajstić information content (AvgIpc) is 0.722. The fraction of sp³-hybridized carbons (Fsp3) is 0. The lowest BCUT2D eigenvalue weighted by atomic mass is 15.8. The predicted molar refractivity (Wildman–Crippen MR) is 8.29 cm³/mol. The quantitative estimate of drug-likeness (QED) is 0.334. The van der Waals surface area contributed by atoms with Crippen LogP contribution in [0.3, 0.4) is 0 Å². The largest absolute Gasteiger partial charge is 0.788 e. The Bertz CT molecular complexity index is 49.8. The van der Waals surface area contributed by atoms with E-state index in [1.165, 1.54) is 0 Å². The molecular weight excluding hydrogens is 95.0 g/mol. The summed E-state index contributed by atoms with van der Waals surface area (Å²) < 4.78 is 8.55. The van der Waals surface area contributed by atoms with Crippen molar-refractivity contribution in [3.05, 3.63) is 0 Å². The van der Waals surface area contributed by atoms with E-state index in [0.717, 1.165) is 0 Å². The monoisotopic (exact) mass is 95.0 g/mol. The van der Waals surface area contributed by atoms with Gasteiger partial charge in [-0.25, -0.2) is 4.89 Å². The molecule has 5 heteroatoms. The Hall–Kier alpha value is 0.110. The lowest BCUT2D eigenvalue weighted by Gasteiger charge is -2.15. The average molecular weight is 95.0 g/mol. The van der Waals surface area contributed by atoms with Crippen LogP contribution in [-0.2, 0) is 9.46 Å². The van der Waals surface area contributed by atoms with Gasteiger partial charge >= 0.3 is 0 Å². The van der Waals surface area contributed by atoms with Crippen LogP contribution in [0.2, 0.25) is 0 Å². The van der Waals surface area contributed by atoms with E-state index in [1.807, 2.05) is 0 Å². The molecule has 0 saturated carbocycles. The van der Waals surface area contributed by atoms with Gasteiger partial charge in [-0.15, -0.1) is 0 Å². The topological polar surface area (TPSA) is 83.1 Å². The van der Waals surface area contributed by atoms with Crippen LogP contribution in [0.5, 0.6) is 0 Å². The van der Waals surface area contributed by atoms with Crippen LogP contribution >= 0.6 is 7.82 Å². The molecule has 4 nitrogen and oxygen atoms in total. The standard InChI is InChI=1S/H2O4P/c1-5(2,3)4/h(H2,1,2,3)/p-2. The molecule has 0 aromatic rings. The van der Waals surface area contributed by atoms with Crippen LogP contribution in [0.25, 0.3) is 0 Å². The third-order valence-electron chi connectivity index (χ3n) is 0. The molecular formula is O4P-2. The maximum Gasteiger partial charge on any atom is 0.101 e. The van der Waals surface area contributed by atoms with Gasteiger partial charge in [0.15, 0.2) is 0 Å². The van der Waals surface area contributed by atoms with E-state index in [2.05, 4.69) is 0 Å². The van der Waals surface area contributed by atoms with Crippen LogP contribution in [0.4, 0.5) is 0 Å². The van der Waals surface area contributed by atoms with Crippen molar-refractivity contribution in [2.24, 2.45) is 0 Å². The van der Waals surface area contributed by atoms with E-state index in [1.54, 1.807) is 0 Å². The molecule has 0 aromatic carbocycles. The molecule has 0 N–H and O–H groups in total. The molecule has 0 aliphatic rings. The van der Waals surface area contributed by atoms with E-state index in [0.29, 0.717) is 0 Å². The van der Waals surface area contributed by atoms with Crippen molar-refractivity contribution >= 4 is 7.82 Å². The van der Waals surface area contributed by atoms with Crippen molar-refractivity contribution in [1.82, 2.24) is 0 Å². The first-order valence-corrected chi connectivity index (χ1v) is 2.19. The Morgan fingerprint density at radius 2 is 1.40 bits per heavy atom. The zero-order chi connectivity index (χ0) is 4.50. The van der Waals surface area contributed by atoms with Gasteiger partial charge in [-0.3, -0.25) is 0 Å². The highest BCUT2D eigenvalue weighted by atomic mass is 31.2. The zero-order valence-electron chi connectivity index (χ0n) is 2.08. The van der Waals surface area contributed by atoms with Gasteiger partial charge in [-0.1, -0.05) is 0 Å². The molecule has 0 unspecified atom stereocenters.